The number of carbonyl (C=O) groups excluding carboxylic acids is 1. The average molecular weight is 879 g/mol. The van der Waals surface area contributed by atoms with Gasteiger partial charge >= 0.3 is 5.97 Å². The molecule has 11 atom stereocenters. The van der Waals surface area contributed by atoms with Crippen LogP contribution in [0.5, 0.6) is 0 Å². The van der Waals surface area contributed by atoms with Gasteiger partial charge in [0.15, 0.2) is 12.6 Å². The van der Waals surface area contributed by atoms with Gasteiger partial charge in [-0.1, -0.05) is 174 Å². The van der Waals surface area contributed by atoms with Crippen LogP contribution in [0.25, 0.3) is 0 Å². The molecule has 7 N–H and O–H groups in total. The fourth-order valence-electron chi connectivity index (χ4n) is 8.05. The first-order chi connectivity index (χ1) is 29.6. The van der Waals surface area contributed by atoms with Crippen molar-refractivity contribution in [3.05, 3.63) is 0 Å². The van der Waals surface area contributed by atoms with E-state index in [4.69, 9.17) is 28.4 Å². The molecule has 14 heteroatoms. The van der Waals surface area contributed by atoms with Gasteiger partial charge in [0.05, 0.1) is 26.4 Å². The predicted octanol–water partition coefficient (Wildman–Crippen LogP) is 6.52. The molecule has 2 saturated heterocycles. The minimum atomic E-state index is -1.70. The summed E-state index contributed by atoms with van der Waals surface area (Å²) in [6.45, 7) is 3.71. The van der Waals surface area contributed by atoms with Gasteiger partial charge in [-0.25, -0.2) is 0 Å². The summed E-state index contributed by atoms with van der Waals surface area (Å²) < 4.78 is 34.2. The Kier molecular flexibility index (Phi) is 33.3. The first kappa shape index (κ1) is 56.1. The molecule has 0 spiro atoms. The minimum absolute atomic E-state index is 0.0693. The van der Waals surface area contributed by atoms with Crippen LogP contribution in [0.3, 0.4) is 0 Å². The van der Waals surface area contributed by atoms with Crippen molar-refractivity contribution < 1.29 is 69.0 Å². The van der Waals surface area contributed by atoms with Crippen LogP contribution in [0.15, 0.2) is 0 Å². The molecule has 0 aliphatic carbocycles. The number of unbranched alkanes of at least 4 members (excludes halogenated alkanes) is 25. The zero-order valence-corrected chi connectivity index (χ0v) is 38.2. The molecule has 0 aromatic rings. The molecule has 11 unspecified atom stereocenters. The summed E-state index contributed by atoms with van der Waals surface area (Å²) in [6, 6.07) is 0. The normalized spacial score (nSPS) is 27.4. The highest BCUT2D eigenvalue weighted by Gasteiger charge is 2.47. The van der Waals surface area contributed by atoms with Gasteiger partial charge in [-0.3, -0.25) is 4.79 Å². The summed E-state index contributed by atoms with van der Waals surface area (Å²) in [4.78, 5) is 13.0. The lowest BCUT2D eigenvalue weighted by Crippen LogP contribution is -2.61. The Morgan fingerprint density at radius 3 is 1.33 bits per heavy atom. The van der Waals surface area contributed by atoms with Crippen molar-refractivity contribution in [2.75, 3.05) is 33.0 Å². The van der Waals surface area contributed by atoms with Crippen LogP contribution in [0.1, 0.15) is 194 Å². The Bertz CT molecular complexity index is 1020. The SMILES string of the molecule is CCCCCCCCCCCCCCCCCCCC(=O)OC(COCCCCCCCCCCCC)COC1OC(COC2OC(CO)C(O)C(O)C2O)C(O)C(O)C1O. The highest BCUT2D eigenvalue weighted by Crippen LogP contribution is 2.26. The van der Waals surface area contributed by atoms with E-state index in [9.17, 15) is 40.5 Å². The molecule has 2 heterocycles. The fourth-order valence-corrected chi connectivity index (χ4v) is 8.05. The van der Waals surface area contributed by atoms with Crippen LogP contribution in [0.2, 0.25) is 0 Å². The number of rotatable bonds is 39. The van der Waals surface area contributed by atoms with Gasteiger partial charge in [-0.2, -0.15) is 0 Å². The maximum absolute atomic E-state index is 13.0. The van der Waals surface area contributed by atoms with Crippen molar-refractivity contribution in [1.82, 2.24) is 0 Å². The first-order valence-electron chi connectivity index (χ1n) is 24.6. The van der Waals surface area contributed by atoms with Gasteiger partial charge in [0.1, 0.15) is 54.9 Å². The zero-order valence-electron chi connectivity index (χ0n) is 38.2. The molecule has 0 aromatic carbocycles. The van der Waals surface area contributed by atoms with E-state index < -0.39 is 80.7 Å². The van der Waals surface area contributed by atoms with Crippen LogP contribution in [-0.2, 0) is 33.2 Å². The zero-order chi connectivity index (χ0) is 44.5. The highest BCUT2D eigenvalue weighted by molar-refractivity contribution is 5.69. The minimum Gasteiger partial charge on any atom is -0.457 e. The molecular weight excluding hydrogens is 789 g/mol. The number of carbonyl (C=O) groups is 1. The number of hydrogen-bond acceptors (Lipinski definition) is 14. The maximum atomic E-state index is 13.0. The van der Waals surface area contributed by atoms with E-state index in [1.165, 1.54) is 128 Å². The molecule has 61 heavy (non-hydrogen) atoms. The van der Waals surface area contributed by atoms with E-state index in [0.717, 1.165) is 44.9 Å². The number of aliphatic hydroxyl groups excluding tert-OH is 7. The molecule has 2 fully saturated rings. The van der Waals surface area contributed by atoms with Gasteiger partial charge in [-0.15, -0.1) is 0 Å². The maximum Gasteiger partial charge on any atom is 0.306 e. The van der Waals surface area contributed by atoms with E-state index in [2.05, 4.69) is 13.8 Å². The summed E-state index contributed by atoms with van der Waals surface area (Å²) >= 11 is 0. The second-order valence-corrected chi connectivity index (χ2v) is 17.7. The fraction of sp³-hybridized carbons (Fsp3) is 0.979. The lowest BCUT2D eigenvalue weighted by Gasteiger charge is -2.42. The van der Waals surface area contributed by atoms with Crippen molar-refractivity contribution in [1.29, 1.82) is 0 Å². The standard InChI is InChI=1S/C47H90O14/c1-3-5-7-9-11-13-15-16-17-18-19-20-21-22-24-26-28-30-39(49)59-36(33-56-31-29-27-25-23-14-12-10-8-6-4-2)34-57-46-45(55)43(53)41(51)38(61-46)35-58-47-44(54)42(52)40(50)37(32-48)60-47/h36-38,40-48,50-55H,3-35H2,1-2H3. The van der Waals surface area contributed by atoms with Gasteiger partial charge in [0.25, 0.3) is 0 Å². The first-order valence-corrected chi connectivity index (χ1v) is 24.6. The van der Waals surface area contributed by atoms with Crippen molar-refractivity contribution in [2.45, 2.75) is 261 Å². The van der Waals surface area contributed by atoms with Crippen molar-refractivity contribution in [3.8, 4) is 0 Å². The molecule has 0 bridgehead atoms. The number of esters is 1. The predicted molar refractivity (Wildman–Crippen MR) is 234 cm³/mol. The molecule has 0 aromatic heterocycles. The lowest BCUT2D eigenvalue weighted by molar-refractivity contribution is -0.332. The molecular formula is C47H90O14. The monoisotopic (exact) mass is 879 g/mol. The third-order valence-electron chi connectivity index (χ3n) is 12.1. The van der Waals surface area contributed by atoms with E-state index in [-0.39, 0.29) is 25.6 Å². The summed E-state index contributed by atoms with van der Waals surface area (Å²) in [7, 11) is 0. The van der Waals surface area contributed by atoms with Crippen LogP contribution in [-0.4, -0.2) is 142 Å². The Hall–Kier alpha value is -1.01. The van der Waals surface area contributed by atoms with Crippen LogP contribution in [0.4, 0.5) is 0 Å². The Balaban J connectivity index is 1.76. The molecule has 0 radical (unpaired) electrons. The summed E-state index contributed by atoms with van der Waals surface area (Å²) in [5.74, 6) is -0.372. The summed E-state index contributed by atoms with van der Waals surface area (Å²) in [6.07, 6.45) is 17.4. The lowest BCUT2D eigenvalue weighted by atomic mass is 9.98. The largest absolute Gasteiger partial charge is 0.457 e. The van der Waals surface area contributed by atoms with E-state index in [1.54, 1.807) is 0 Å². The smallest absolute Gasteiger partial charge is 0.306 e. The summed E-state index contributed by atoms with van der Waals surface area (Å²) in [5, 5.41) is 71.9. The second-order valence-electron chi connectivity index (χ2n) is 17.7. The van der Waals surface area contributed by atoms with Crippen molar-refractivity contribution in [3.63, 3.8) is 0 Å². The Morgan fingerprint density at radius 2 is 0.869 bits per heavy atom. The van der Waals surface area contributed by atoms with Gasteiger partial charge in [0.2, 0.25) is 0 Å². The number of ether oxygens (including phenoxy) is 6. The van der Waals surface area contributed by atoms with Crippen LogP contribution in [0, 0.1) is 0 Å². The molecule has 2 rings (SSSR count). The molecule has 2 aliphatic heterocycles. The highest BCUT2D eigenvalue weighted by atomic mass is 16.7. The molecule has 362 valence electrons. The molecule has 2 aliphatic rings. The Morgan fingerprint density at radius 1 is 0.475 bits per heavy atom. The van der Waals surface area contributed by atoms with Crippen molar-refractivity contribution >= 4 is 5.97 Å². The van der Waals surface area contributed by atoms with Gasteiger partial charge in [-0.05, 0) is 12.8 Å². The third kappa shape index (κ3) is 24.7. The van der Waals surface area contributed by atoms with E-state index >= 15 is 0 Å². The number of hydrogen-bond donors (Lipinski definition) is 7. The molecule has 0 saturated carbocycles. The van der Waals surface area contributed by atoms with Crippen LogP contribution < -0.4 is 0 Å². The second kappa shape index (κ2) is 36.2. The third-order valence-corrected chi connectivity index (χ3v) is 12.1. The van der Waals surface area contributed by atoms with E-state index in [1.807, 2.05) is 0 Å². The van der Waals surface area contributed by atoms with Gasteiger partial charge in [0, 0.05) is 13.0 Å². The quantitative estimate of drug-likeness (QED) is 0.0259. The average Bonchev–Trinajstić information content (AvgIpc) is 3.25. The Labute approximate surface area is 368 Å². The van der Waals surface area contributed by atoms with Crippen molar-refractivity contribution in [2.24, 2.45) is 0 Å². The van der Waals surface area contributed by atoms with Gasteiger partial charge < -0.3 is 64.2 Å². The topological polar surface area (TPSA) is 214 Å². The van der Waals surface area contributed by atoms with Crippen LogP contribution >= 0.6 is 0 Å². The molecule has 0 amide bonds. The number of aliphatic hydroxyl groups is 7. The summed E-state index contributed by atoms with van der Waals surface area (Å²) in [5.41, 5.74) is 0. The van der Waals surface area contributed by atoms with E-state index in [0.29, 0.717) is 6.61 Å². The molecule has 14 nitrogen and oxygen atoms in total.